The van der Waals surface area contributed by atoms with Crippen LogP contribution in [0.25, 0.3) is 121 Å². The Labute approximate surface area is 559 Å². The minimum absolute atomic E-state index is 1.11. The van der Waals surface area contributed by atoms with Crippen LogP contribution in [0.2, 0.25) is 0 Å². The van der Waals surface area contributed by atoms with Gasteiger partial charge in [0.2, 0.25) is 0 Å². The molecule has 18 aromatic rings. The van der Waals surface area contributed by atoms with Gasteiger partial charge in [-0.05, 0) is 170 Å². The molecule has 0 N–H and O–H groups in total. The molecule has 2 aromatic heterocycles. The predicted molar refractivity (Wildman–Crippen MR) is 408 cm³/mol. The number of hydrogen-bond acceptors (Lipinski definition) is 2. The highest BCUT2D eigenvalue weighted by atomic mass is 15.2. The van der Waals surface area contributed by atoms with Crippen molar-refractivity contribution in [3.8, 4) is 55.9 Å². The van der Waals surface area contributed by atoms with Gasteiger partial charge in [0.05, 0.1) is 33.4 Å². The molecule has 0 radical (unpaired) electrons. The highest BCUT2D eigenvalue weighted by Crippen LogP contribution is 2.48. The van der Waals surface area contributed by atoms with E-state index in [4.69, 9.17) is 0 Å². The number of fused-ring (bicyclic) bond motifs is 10. The summed E-state index contributed by atoms with van der Waals surface area (Å²) in [5.41, 5.74) is 23.4. The van der Waals surface area contributed by atoms with E-state index in [2.05, 4.69) is 407 Å². The van der Waals surface area contributed by atoms with Crippen molar-refractivity contribution in [2.45, 2.75) is 0 Å². The molecule has 18 rings (SSSR count). The maximum absolute atomic E-state index is 2.42. The highest BCUT2D eigenvalue weighted by molar-refractivity contribution is 6.27. The summed E-state index contributed by atoms with van der Waals surface area (Å²) in [6.45, 7) is 0. The van der Waals surface area contributed by atoms with Crippen molar-refractivity contribution < 1.29 is 0 Å². The molecule has 0 saturated heterocycles. The molecule has 0 aliphatic rings. The third-order valence-electron chi connectivity index (χ3n) is 18.8. The molecule has 2 heterocycles. The molecule has 4 nitrogen and oxygen atoms in total. The molecule has 452 valence electrons. The van der Waals surface area contributed by atoms with Crippen molar-refractivity contribution in [1.82, 2.24) is 9.13 Å². The van der Waals surface area contributed by atoms with Gasteiger partial charge in [-0.1, -0.05) is 279 Å². The molecule has 0 unspecified atom stereocenters. The van der Waals surface area contributed by atoms with Crippen LogP contribution in [0.5, 0.6) is 0 Å². The monoisotopic (exact) mass is 1220 g/mol. The largest absolute Gasteiger partial charge is 0.310 e. The van der Waals surface area contributed by atoms with Crippen molar-refractivity contribution >= 4 is 99.3 Å². The second-order valence-electron chi connectivity index (χ2n) is 24.4. The van der Waals surface area contributed by atoms with Crippen LogP contribution in [-0.4, -0.2) is 9.13 Å². The van der Waals surface area contributed by atoms with Gasteiger partial charge in [-0.15, -0.1) is 0 Å². The average Bonchev–Trinajstić information content (AvgIpc) is 1.57. The number of anilines is 6. The van der Waals surface area contributed by atoms with Gasteiger partial charge in [-0.2, -0.15) is 0 Å². The lowest BCUT2D eigenvalue weighted by Crippen LogP contribution is -2.10. The normalized spacial score (nSPS) is 11.3. The van der Waals surface area contributed by atoms with Crippen LogP contribution in [0.1, 0.15) is 0 Å². The Morgan fingerprint density at radius 2 is 0.458 bits per heavy atom. The predicted octanol–water partition coefficient (Wildman–Crippen LogP) is 25.5. The zero-order valence-corrected chi connectivity index (χ0v) is 52.7. The number of rotatable bonds is 12. The summed E-state index contributed by atoms with van der Waals surface area (Å²) < 4.78 is 4.81. The molecule has 0 saturated carbocycles. The van der Waals surface area contributed by atoms with Crippen molar-refractivity contribution in [2.24, 2.45) is 0 Å². The number of aromatic nitrogens is 2. The molecule has 96 heavy (non-hydrogen) atoms. The minimum Gasteiger partial charge on any atom is -0.310 e. The van der Waals surface area contributed by atoms with Crippen molar-refractivity contribution in [2.75, 3.05) is 9.80 Å². The van der Waals surface area contributed by atoms with E-state index in [1.54, 1.807) is 0 Å². The smallest absolute Gasteiger partial charge is 0.0562 e. The van der Waals surface area contributed by atoms with Crippen LogP contribution in [0.15, 0.2) is 388 Å². The fourth-order valence-electron chi connectivity index (χ4n) is 14.3. The second-order valence-corrected chi connectivity index (χ2v) is 24.4. The first-order valence-electron chi connectivity index (χ1n) is 32.9. The summed E-state index contributed by atoms with van der Waals surface area (Å²) >= 11 is 0. The zero-order chi connectivity index (χ0) is 63.7. The highest BCUT2D eigenvalue weighted by Gasteiger charge is 2.25. The second kappa shape index (κ2) is 25.0. The van der Waals surface area contributed by atoms with Crippen LogP contribution in [-0.2, 0) is 0 Å². The summed E-state index contributed by atoms with van der Waals surface area (Å²) in [6, 6.07) is 140. The Hall–Kier alpha value is -12.8. The molecule has 0 amide bonds. The Morgan fingerprint density at radius 1 is 0.167 bits per heavy atom. The van der Waals surface area contributed by atoms with Crippen molar-refractivity contribution in [1.29, 1.82) is 0 Å². The Morgan fingerprint density at radius 3 is 0.896 bits per heavy atom. The van der Waals surface area contributed by atoms with E-state index < -0.39 is 0 Å². The third kappa shape index (κ3) is 10.5. The van der Waals surface area contributed by atoms with E-state index in [0.29, 0.717) is 0 Å². The number of benzene rings is 16. The minimum atomic E-state index is 1.11. The van der Waals surface area contributed by atoms with Crippen LogP contribution >= 0.6 is 0 Å². The lowest BCUT2D eigenvalue weighted by Gasteiger charge is -2.27. The fourth-order valence-corrected chi connectivity index (χ4v) is 14.3. The molecule has 4 heteroatoms. The SMILES string of the molecule is c1ccc(-c2ccc(N(c3ccc(-c4ccccc4)cc3)c3cccc4c3c3c5ccccc5ccc3n4-c3ccccc3)cc2)cc1.c1ccc(-c2ccc(N(c3ccc(-c4ccccc4)cc3)c3cccc4ccc5c(c6ccccc6n5-c5ccccc5)c34)cc2)cc1. The first-order valence-corrected chi connectivity index (χ1v) is 32.9. The molecule has 0 fully saturated rings. The number of nitrogens with zero attached hydrogens (tertiary/aromatic N) is 4. The van der Waals surface area contributed by atoms with Gasteiger partial charge in [-0.3, -0.25) is 0 Å². The number of hydrogen-bond donors (Lipinski definition) is 0. The van der Waals surface area contributed by atoms with E-state index >= 15 is 0 Å². The molecular weight excluding hydrogens is 1160 g/mol. The van der Waals surface area contributed by atoms with Crippen LogP contribution in [0.4, 0.5) is 34.1 Å². The molecule has 0 bridgehead atoms. The first kappa shape index (κ1) is 57.2. The molecular formula is C92H64N4. The zero-order valence-electron chi connectivity index (χ0n) is 52.7. The van der Waals surface area contributed by atoms with Gasteiger partial charge in [0.15, 0.2) is 0 Å². The van der Waals surface area contributed by atoms with E-state index in [1.807, 2.05) is 0 Å². The van der Waals surface area contributed by atoms with Crippen LogP contribution < -0.4 is 9.80 Å². The van der Waals surface area contributed by atoms with Gasteiger partial charge >= 0.3 is 0 Å². The Balaban J connectivity index is 0.000000145. The van der Waals surface area contributed by atoms with Gasteiger partial charge in [0.25, 0.3) is 0 Å². The quantitative estimate of drug-likeness (QED) is 0.121. The van der Waals surface area contributed by atoms with Crippen LogP contribution in [0.3, 0.4) is 0 Å². The molecule has 0 aliphatic carbocycles. The van der Waals surface area contributed by atoms with E-state index in [9.17, 15) is 0 Å². The molecule has 16 aromatic carbocycles. The Kier molecular flexibility index (Phi) is 14.9. The van der Waals surface area contributed by atoms with Gasteiger partial charge in [0.1, 0.15) is 0 Å². The van der Waals surface area contributed by atoms with E-state index in [0.717, 1.165) is 45.5 Å². The van der Waals surface area contributed by atoms with E-state index in [1.165, 1.54) is 110 Å². The summed E-state index contributed by atoms with van der Waals surface area (Å²) in [6.07, 6.45) is 0. The summed E-state index contributed by atoms with van der Waals surface area (Å²) in [5, 5.41) is 9.92. The van der Waals surface area contributed by atoms with Crippen molar-refractivity contribution in [3.05, 3.63) is 388 Å². The van der Waals surface area contributed by atoms with Gasteiger partial charge in [0, 0.05) is 61.1 Å². The third-order valence-corrected chi connectivity index (χ3v) is 18.8. The molecule has 0 atom stereocenters. The maximum Gasteiger partial charge on any atom is 0.0562 e. The van der Waals surface area contributed by atoms with Gasteiger partial charge in [-0.25, -0.2) is 0 Å². The lowest BCUT2D eigenvalue weighted by molar-refractivity contribution is 1.18. The molecule has 0 aliphatic heterocycles. The molecule has 0 spiro atoms. The topological polar surface area (TPSA) is 16.3 Å². The summed E-state index contributed by atoms with van der Waals surface area (Å²) in [7, 11) is 0. The fraction of sp³-hybridized carbons (Fsp3) is 0. The Bertz CT molecular complexity index is 5580. The first-order chi connectivity index (χ1) is 47.7. The van der Waals surface area contributed by atoms with E-state index in [-0.39, 0.29) is 0 Å². The van der Waals surface area contributed by atoms with Gasteiger partial charge < -0.3 is 18.9 Å². The maximum atomic E-state index is 2.42. The number of para-hydroxylation sites is 3. The summed E-state index contributed by atoms with van der Waals surface area (Å²) in [5.74, 6) is 0. The van der Waals surface area contributed by atoms with Crippen molar-refractivity contribution in [3.63, 3.8) is 0 Å². The van der Waals surface area contributed by atoms with Crippen LogP contribution in [0, 0.1) is 0 Å². The summed E-state index contributed by atoms with van der Waals surface area (Å²) in [4.78, 5) is 4.84. The average molecular weight is 1230 g/mol. The standard InChI is InChI=1S/2C46H32N2/c1-4-13-33(14-5-1)35-23-28-39(29-24-35)47(40-30-25-36(26-31-40)34-15-6-2-7-16-34)43-22-12-17-37-27-32-44-46(45(37)43)41-20-10-11-21-42(41)48(44)38-18-8-3-9-19-38;1-4-13-33(14-5-1)35-23-28-39(29-24-35)47(40-30-25-36(26-31-40)34-15-6-2-7-16-34)42-21-12-22-43-46(42)45-41-20-11-10-17-37(41)27-32-44(45)48(43)38-18-8-3-9-19-38/h2*1-32H. The lowest BCUT2D eigenvalue weighted by atomic mass is 9.99.